The van der Waals surface area contributed by atoms with Crippen molar-refractivity contribution in [3.8, 4) is 0 Å². The molecule has 1 saturated heterocycles. The maximum absolute atomic E-state index is 12.6. The molecular formula is C21H38BNO4. The maximum Gasteiger partial charge on any atom is 0.464 e. The molecule has 1 heterocycles. The summed E-state index contributed by atoms with van der Waals surface area (Å²) in [5, 5.41) is 0. The van der Waals surface area contributed by atoms with E-state index in [0.29, 0.717) is 5.92 Å². The number of allylic oxidation sites excluding steroid dienone is 1. The zero-order chi connectivity index (χ0) is 20.8. The van der Waals surface area contributed by atoms with Gasteiger partial charge in [-0.25, -0.2) is 4.79 Å². The summed E-state index contributed by atoms with van der Waals surface area (Å²) >= 11 is 0. The highest BCUT2D eigenvalue weighted by atomic mass is 16.7. The molecule has 0 aromatic rings. The molecule has 27 heavy (non-hydrogen) atoms. The van der Waals surface area contributed by atoms with E-state index in [1.165, 1.54) is 5.57 Å². The molecule has 1 aliphatic heterocycles. The van der Waals surface area contributed by atoms with Gasteiger partial charge in [0.15, 0.2) is 0 Å². The fourth-order valence-electron chi connectivity index (χ4n) is 3.84. The van der Waals surface area contributed by atoms with Gasteiger partial charge < -0.3 is 18.9 Å². The van der Waals surface area contributed by atoms with Crippen LogP contribution in [0.25, 0.3) is 0 Å². The van der Waals surface area contributed by atoms with Gasteiger partial charge in [-0.1, -0.05) is 25.5 Å². The highest BCUT2D eigenvalue weighted by Gasteiger charge is 2.52. The molecule has 0 N–H and O–H groups in total. The number of likely N-dealkylation sites (N-methyl/N-ethyl adjacent to an activating group) is 1. The topological polar surface area (TPSA) is 48.0 Å². The summed E-state index contributed by atoms with van der Waals surface area (Å²) in [6.07, 6.45) is 4.04. The molecule has 0 aromatic carbocycles. The van der Waals surface area contributed by atoms with Crippen LogP contribution in [-0.4, -0.2) is 48.0 Å². The summed E-state index contributed by atoms with van der Waals surface area (Å²) in [7, 11) is 1.57. The van der Waals surface area contributed by atoms with E-state index in [1.807, 2.05) is 27.8 Å². The van der Waals surface area contributed by atoms with Gasteiger partial charge in [0.05, 0.1) is 17.2 Å². The van der Waals surface area contributed by atoms with Crippen LogP contribution in [0.4, 0.5) is 4.79 Å². The van der Waals surface area contributed by atoms with E-state index >= 15 is 0 Å². The lowest BCUT2D eigenvalue weighted by Gasteiger charge is -2.32. The van der Waals surface area contributed by atoms with Crippen molar-refractivity contribution in [1.82, 2.24) is 4.90 Å². The lowest BCUT2D eigenvalue weighted by atomic mass is 9.72. The highest BCUT2D eigenvalue weighted by molar-refractivity contribution is 6.48. The van der Waals surface area contributed by atoms with Crippen LogP contribution >= 0.6 is 0 Å². The van der Waals surface area contributed by atoms with Gasteiger partial charge in [0.25, 0.3) is 0 Å². The Kier molecular flexibility index (Phi) is 6.14. The number of carbonyl (C=O) groups excluding carboxylic acids is 1. The van der Waals surface area contributed by atoms with Gasteiger partial charge in [0.1, 0.15) is 5.60 Å². The van der Waals surface area contributed by atoms with E-state index in [9.17, 15) is 4.79 Å². The third-order valence-electron chi connectivity index (χ3n) is 6.08. The van der Waals surface area contributed by atoms with Crippen LogP contribution in [0.1, 0.15) is 75.2 Å². The molecule has 5 nitrogen and oxygen atoms in total. The van der Waals surface area contributed by atoms with Crippen molar-refractivity contribution in [2.75, 3.05) is 7.05 Å². The fourth-order valence-corrected chi connectivity index (χ4v) is 3.84. The van der Waals surface area contributed by atoms with Crippen molar-refractivity contribution >= 4 is 13.2 Å². The second-order valence-electron chi connectivity index (χ2n) is 10.3. The molecule has 0 radical (unpaired) electrons. The lowest BCUT2D eigenvalue weighted by Crippen LogP contribution is -2.42. The Labute approximate surface area is 165 Å². The van der Waals surface area contributed by atoms with Crippen LogP contribution in [0.5, 0.6) is 0 Å². The van der Waals surface area contributed by atoms with Crippen LogP contribution < -0.4 is 0 Å². The van der Waals surface area contributed by atoms with Gasteiger partial charge in [-0.15, -0.1) is 0 Å². The monoisotopic (exact) mass is 379 g/mol. The van der Waals surface area contributed by atoms with E-state index in [0.717, 1.165) is 12.8 Å². The van der Waals surface area contributed by atoms with Crippen molar-refractivity contribution in [2.24, 2.45) is 5.92 Å². The summed E-state index contributed by atoms with van der Waals surface area (Å²) in [5.41, 5.74) is 0.117. The molecule has 2 rings (SSSR count). The van der Waals surface area contributed by atoms with Gasteiger partial charge in [-0.2, -0.15) is 0 Å². The number of rotatable bonds is 3. The second kappa shape index (κ2) is 7.44. The van der Waals surface area contributed by atoms with E-state index < -0.39 is 5.60 Å². The van der Waals surface area contributed by atoms with Crippen LogP contribution in [0.2, 0.25) is 5.82 Å². The zero-order valence-electron chi connectivity index (χ0n) is 18.9. The standard InChI is InChI=1S/C21H38BNO4/c1-14-11-12-16(17(14)23(10)18(24)25-19(3,4)5)13-15(2)22-26-20(6,7)21(8,9)27-22/h13-15,17H,11-12H2,1-10H3/b16-13-. The molecule has 0 spiro atoms. The third kappa shape index (κ3) is 4.89. The predicted molar refractivity (Wildman–Crippen MR) is 110 cm³/mol. The normalized spacial score (nSPS) is 29.9. The third-order valence-corrected chi connectivity index (χ3v) is 6.08. The van der Waals surface area contributed by atoms with Gasteiger partial charge in [0.2, 0.25) is 0 Å². The Morgan fingerprint density at radius 2 is 1.78 bits per heavy atom. The van der Waals surface area contributed by atoms with E-state index in [2.05, 4.69) is 47.6 Å². The highest BCUT2D eigenvalue weighted by Crippen LogP contribution is 2.42. The van der Waals surface area contributed by atoms with Crippen molar-refractivity contribution in [2.45, 2.75) is 104 Å². The Morgan fingerprint density at radius 3 is 2.26 bits per heavy atom. The van der Waals surface area contributed by atoms with E-state index in [-0.39, 0.29) is 36.3 Å². The van der Waals surface area contributed by atoms with Gasteiger partial charge >= 0.3 is 13.2 Å². The quantitative estimate of drug-likeness (QED) is 0.508. The Morgan fingerprint density at radius 1 is 1.26 bits per heavy atom. The van der Waals surface area contributed by atoms with Crippen molar-refractivity contribution in [1.29, 1.82) is 0 Å². The smallest absolute Gasteiger partial charge is 0.444 e. The molecular weight excluding hydrogens is 341 g/mol. The SMILES string of the molecule is CC(/C=C1/CCC(C)C1N(C)C(=O)OC(C)(C)C)B1OC(C)(C)C(C)(C)O1. The zero-order valence-corrected chi connectivity index (χ0v) is 18.9. The predicted octanol–water partition coefficient (Wildman–Crippen LogP) is 5.06. The van der Waals surface area contributed by atoms with Gasteiger partial charge in [-0.05, 0) is 67.2 Å². The largest absolute Gasteiger partial charge is 0.464 e. The number of ether oxygens (including phenoxy) is 1. The van der Waals surface area contributed by atoms with Gasteiger partial charge in [0, 0.05) is 12.9 Å². The molecule has 0 bridgehead atoms. The molecule has 2 fully saturated rings. The lowest BCUT2D eigenvalue weighted by molar-refractivity contribution is 0.00578. The van der Waals surface area contributed by atoms with Crippen molar-refractivity contribution in [3.05, 3.63) is 11.6 Å². The number of carbonyl (C=O) groups is 1. The summed E-state index contributed by atoms with van der Waals surface area (Å²) in [4.78, 5) is 14.3. The minimum absolute atomic E-state index is 0.0599. The van der Waals surface area contributed by atoms with E-state index in [1.54, 1.807) is 4.90 Å². The molecule has 3 unspecified atom stereocenters. The molecule has 154 valence electrons. The maximum atomic E-state index is 12.6. The minimum atomic E-state index is -0.493. The molecule has 1 aliphatic carbocycles. The van der Waals surface area contributed by atoms with Crippen molar-refractivity contribution in [3.63, 3.8) is 0 Å². The average Bonchev–Trinajstić information content (AvgIpc) is 2.93. The minimum Gasteiger partial charge on any atom is -0.444 e. The molecule has 1 amide bonds. The summed E-state index contributed by atoms with van der Waals surface area (Å²) in [5.74, 6) is 0.514. The molecule has 1 saturated carbocycles. The second-order valence-corrected chi connectivity index (χ2v) is 10.3. The molecule has 0 aromatic heterocycles. The molecule has 2 aliphatic rings. The number of hydrogen-bond donors (Lipinski definition) is 0. The Hall–Kier alpha value is -1.01. The van der Waals surface area contributed by atoms with Crippen LogP contribution in [0.3, 0.4) is 0 Å². The van der Waals surface area contributed by atoms with Gasteiger partial charge in [-0.3, -0.25) is 0 Å². The Bertz CT molecular complexity index is 577. The first-order valence-electron chi connectivity index (χ1n) is 10.2. The van der Waals surface area contributed by atoms with E-state index in [4.69, 9.17) is 14.0 Å². The molecule has 3 atom stereocenters. The number of hydrogen-bond acceptors (Lipinski definition) is 4. The van der Waals surface area contributed by atoms with Crippen LogP contribution in [-0.2, 0) is 14.0 Å². The Balaban J connectivity index is 2.15. The first-order valence-corrected chi connectivity index (χ1v) is 10.2. The first kappa shape index (κ1) is 22.3. The van der Waals surface area contributed by atoms with Crippen LogP contribution in [0.15, 0.2) is 11.6 Å². The number of amides is 1. The summed E-state index contributed by atoms with van der Waals surface area (Å²) in [6, 6.07) is 0.0599. The first-order chi connectivity index (χ1) is 12.1. The fraction of sp³-hybridized carbons (Fsp3) is 0.857. The van der Waals surface area contributed by atoms with Crippen LogP contribution in [0, 0.1) is 5.92 Å². The summed E-state index contributed by atoms with van der Waals surface area (Å²) < 4.78 is 18.0. The van der Waals surface area contributed by atoms with Crippen molar-refractivity contribution < 1.29 is 18.8 Å². The summed E-state index contributed by atoms with van der Waals surface area (Å²) in [6.45, 7) is 18.3. The average molecular weight is 379 g/mol. The number of nitrogens with zero attached hydrogens (tertiary/aromatic N) is 1. The molecule has 6 heteroatoms.